The lowest BCUT2D eigenvalue weighted by atomic mass is 10.2. The van der Waals surface area contributed by atoms with Crippen LogP contribution in [0.3, 0.4) is 0 Å². The molecule has 0 aromatic heterocycles. The molecule has 2 saturated heterocycles. The van der Waals surface area contributed by atoms with E-state index in [2.05, 4.69) is 0 Å². The molecule has 160 valence electrons. The van der Waals surface area contributed by atoms with Gasteiger partial charge in [-0.3, -0.25) is 14.5 Å². The number of likely N-dealkylation sites (tertiary alicyclic amines) is 1. The maximum absolute atomic E-state index is 12.9. The normalized spacial score (nSPS) is 17.5. The average Bonchev–Trinajstić information content (AvgIpc) is 3.42. The lowest BCUT2D eigenvalue weighted by molar-refractivity contribution is -0.132. The van der Waals surface area contributed by atoms with E-state index in [4.69, 9.17) is 21.7 Å². The number of amides is 2. The van der Waals surface area contributed by atoms with Gasteiger partial charge in [0, 0.05) is 13.1 Å². The van der Waals surface area contributed by atoms with Crippen molar-refractivity contribution in [2.75, 3.05) is 31.7 Å². The minimum atomic E-state index is -0.156. The van der Waals surface area contributed by atoms with E-state index in [1.807, 2.05) is 41.3 Å². The highest BCUT2D eigenvalue weighted by atomic mass is 32.2. The number of ether oxygens (including phenoxy) is 2. The number of nitrogens with zero attached hydrogens (tertiary/aromatic N) is 2. The minimum Gasteiger partial charge on any atom is -0.493 e. The maximum Gasteiger partial charge on any atom is 0.270 e. The van der Waals surface area contributed by atoms with E-state index in [-0.39, 0.29) is 18.4 Å². The number of benzene rings is 2. The van der Waals surface area contributed by atoms with Gasteiger partial charge in [-0.2, -0.15) is 0 Å². The van der Waals surface area contributed by atoms with Gasteiger partial charge in [0.15, 0.2) is 22.4 Å². The Labute approximate surface area is 190 Å². The Kier molecular flexibility index (Phi) is 6.58. The van der Waals surface area contributed by atoms with Crippen LogP contribution in [-0.4, -0.2) is 47.8 Å². The predicted octanol–water partition coefficient (Wildman–Crippen LogP) is 4.10. The van der Waals surface area contributed by atoms with Gasteiger partial charge in [0.05, 0.1) is 17.7 Å². The molecule has 2 fully saturated rings. The topological polar surface area (TPSA) is 59.1 Å². The van der Waals surface area contributed by atoms with Crippen LogP contribution >= 0.6 is 24.0 Å². The Morgan fingerprint density at radius 1 is 1.13 bits per heavy atom. The molecule has 2 aliphatic rings. The van der Waals surface area contributed by atoms with Crippen LogP contribution in [0.15, 0.2) is 53.4 Å². The molecule has 2 aromatic carbocycles. The molecule has 31 heavy (non-hydrogen) atoms. The third-order valence-corrected chi connectivity index (χ3v) is 6.41. The molecular weight excluding hydrogens is 432 g/mol. The van der Waals surface area contributed by atoms with Crippen molar-refractivity contribution >= 4 is 51.9 Å². The van der Waals surface area contributed by atoms with Crippen molar-refractivity contribution in [3.05, 3.63) is 59.0 Å². The average molecular weight is 455 g/mol. The van der Waals surface area contributed by atoms with E-state index in [1.54, 1.807) is 25.3 Å². The summed E-state index contributed by atoms with van der Waals surface area (Å²) in [5.74, 6) is 0.815. The molecule has 0 N–H and O–H groups in total. The number of rotatable bonds is 6. The van der Waals surface area contributed by atoms with Crippen molar-refractivity contribution in [2.45, 2.75) is 12.8 Å². The van der Waals surface area contributed by atoms with Gasteiger partial charge in [-0.25, -0.2) is 0 Å². The zero-order valence-electron chi connectivity index (χ0n) is 17.1. The molecule has 0 saturated carbocycles. The molecule has 8 heteroatoms. The van der Waals surface area contributed by atoms with E-state index >= 15 is 0 Å². The molecule has 2 amide bonds. The number of para-hydroxylation sites is 1. The van der Waals surface area contributed by atoms with Crippen molar-refractivity contribution in [2.24, 2.45) is 0 Å². The zero-order chi connectivity index (χ0) is 21.8. The van der Waals surface area contributed by atoms with Crippen molar-refractivity contribution in [3.8, 4) is 11.5 Å². The molecule has 0 bridgehead atoms. The number of methoxy groups -OCH3 is 1. The van der Waals surface area contributed by atoms with E-state index in [0.717, 1.165) is 37.2 Å². The summed E-state index contributed by atoms with van der Waals surface area (Å²) >= 11 is 6.68. The fourth-order valence-electron chi connectivity index (χ4n) is 3.51. The number of thioether (sulfide) groups is 1. The van der Waals surface area contributed by atoms with Gasteiger partial charge >= 0.3 is 0 Å². The third kappa shape index (κ3) is 4.75. The maximum atomic E-state index is 12.9. The first kappa shape index (κ1) is 21.4. The molecule has 6 nitrogen and oxygen atoms in total. The van der Waals surface area contributed by atoms with Crippen LogP contribution in [0, 0.1) is 0 Å². The summed E-state index contributed by atoms with van der Waals surface area (Å²) in [5, 5.41) is 0. The van der Waals surface area contributed by atoms with Gasteiger partial charge in [0.2, 0.25) is 0 Å². The second kappa shape index (κ2) is 9.53. The zero-order valence-corrected chi connectivity index (χ0v) is 18.7. The molecule has 2 heterocycles. The summed E-state index contributed by atoms with van der Waals surface area (Å²) in [6, 6.07) is 14.7. The summed E-state index contributed by atoms with van der Waals surface area (Å²) in [4.78, 5) is 29.0. The number of hydrogen-bond donors (Lipinski definition) is 0. The molecule has 0 unspecified atom stereocenters. The number of carbonyl (C=O) groups excluding carboxylic acids is 2. The van der Waals surface area contributed by atoms with Crippen LogP contribution in [0.4, 0.5) is 5.69 Å². The van der Waals surface area contributed by atoms with E-state index in [0.29, 0.717) is 20.7 Å². The van der Waals surface area contributed by atoms with Crippen LogP contribution in [-0.2, 0) is 9.59 Å². The Hall–Kier alpha value is -2.84. The van der Waals surface area contributed by atoms with Crippen LogP contribution in [0.1, 0.15) is 18.4 Å². The smallest absolute Gasteiger partial charge is 0.270 e. The first-order valence-corrected chi connectivity index (χ1v) is 11.2. The second-order valence-electron chi connectivity index (χ2n) is 7.14. The van der Waals surface area contributed by atoms with E-state index in [1.165, 1.54) is 16.7 Å². The molecule has 0 atom stereocenters. The molecule has 2 aliphatic heterocycles. The van der Waals surface area contributed by atoms with Gasteiger partial charge in [-0.15, -0.1) is 0 Å². The highest BCUT2D eigenvalue weighted by Gasteiger charge is 2.33. The number of hydrogen-bond acceptors (Lipinski definition) is 6. The first-order chi connectivity index (χ1) is 15.1. The molecule has 0 spiro atoms. The fourth-order valence-corrected chi connectivity index (χ4v) is 4.81. The SMILES string of the molecule is COc1cc(/C=C2\SC(=S)N(c3ccccc3)C2=O)ccc1OCC(=O)N1CCCC1. The van der Waals surface area contributed by atoms with Gasteiger partial charge < -0.3 is 14.4 Å². The highest BCUT2D eigenvalue weighted by molar-refractivity contribution is 8.27. The summed E-state index contributed by atoms with van der Waals surface area (Å²) in [6.07, 6.45) is 3.87. The fraction of sp³-hybridized carbons (Fsp3) is 0.261. The Bertz CT molecular complexity index is 1030. The third-order valence-electron chi connectivity index (χ3n) is 5.10. The Balaban J connectivity index is 1.48. The summed E-state index contributed by atoms with van der Waals surface area (Å²) in [7, 11) is 1.54. The van der Waals surface area contributed by atoms with Crippen molar-refractivity contribution in [1.82, 2.24) is 4.90 Å². The lowest BCUT2D eigenvalue weighted by Crippen LogP contribution is -2.32. The largest absolute Gasteiger partial charge is 0.493 e. The molecule has 0 aliphatic carbocycles. The van der Waals surface area contributed by atoms with Gasteiger partial charge in [-0.05, 0) is 48.7 Å². The second-order valence-corrected chi connectivity index (χ2v) is 8.82. The standard InChI is InChI=1S/C23H22N2O4S2/c1-28-19-13-16(9-10-18(19)29-15-21(26)24-11-5-6-12-24)14-20-22(27)25(23(30)31-20)17-7-3-2-4-8-17/h2-4,7-10,13-14H,5-6,11-12,15H2,1H3/b20-14-. The van der Waals surface area contributed by atoms with Crippen molar-refractivity contribution in [3.63, 3.8) is 0 Å². The summed E-state index contributed by atoms with van der Waals surface area (Å²) in [6.45, 7) is 1.56. The Morgan fingerprint density at radius 3 is 2.58 bits per heavy atom. The molecule has 4 rings (SSSR count). The van der Waals surface area contributed by atoms with Gasteiger partial charge in [0.1, 0.15) is 0 Å². The number of carbonyl (C=O) groups is 2. The quantitative estimate of drug-likeness (QED) is 0.484. The van der Waals surface area contributed by atoms with Crippen LogP contribution in [0.2, 0.25) is 0 Å². The lowest BCUT2D eigenvalue weighted by Gasteiger charge is -2.16. The van der Waals surface area contributed by atoms with Crippen LogP contribution in [0.5, 0.6) is 11.5 Å². The van der Waals surface area contributed by atoms with Crippen molar-refractivity contribution in [1.29, 1.82) is 0 Å². The minimum absolute atomic E-state index is 0.0202. The molecule has 0 radical (unpaired) electrons. The Morgan fingerprint density at radius 2 is 1.87 bits per heavy atom. The van der Waals surface area contributed by atoms with E-state index < -0.39 is 0 Å². The van der Waals surface area contributed by atoms with Crippen molar-refractivity contribution < 1.29 is 19.1 Å². The van der Waals surface area contributed by atoms with Crippen LogP contribution < -0.4 is 14.4 Å². The van der Waals surface area contributed by atoms with E-state index in [9.17, 15) is 9.59 Å². The number of thiocarbonyl (C=S) groups is 1. The van der Waals surface area contributed by atoms with Crippen LogP contribution in [0.25, 0.3) is 6.08 Å². The van der Waals surface area contributed by atoms with Gasteiger partial charge in [0.25, 0.3) is 11.8 Å². The number of anilines is 1. The summed E-state index contributed by atoms with van der Waals surface area (Å²) < 4.78 is 11.6. The molecular formula is C23H22N2O4S2. The molecule has 2 aromatic rings. The predicted molar refractivity (Wildman–Crippen MR) is 126 cm³/mol. The van der Waals surface area contributed by atoms with Gasteiger partial charge in [-0.1, -0.05) is 48.2 Å². The summed E-state index contributed by atoms with van der Waals surface area (Å²) in [5.41, 5.74) is 1.53. The monoisotopic (exact) mass is 454 g/mol. The highest BCUT2D eigenvalue weighted by Crippen LogP contribution is 2.37. The first-order valence-electron chi connectivity index (χ1n) is 9.98.